The Balaban J connectivity index is 0.00000161. The normalized spacial score (nSPS) is 25.4. The second kappa shape index (κ2) is 7.78. The molecular weight excluding hydrogens is 288 g/mol. The van der Waals surface area contributed by atoms with E-state index < -0.39 is 0 Å². The maximum atomic E-state index is 12.3. The van der Waals surface area contributed by atoms with Gasteiger partial charge in [-0.15, -0.1) is 12.4 Å². The van der Waals surface area contributed by atoms with E-state index in [1.807, 2.05) is 11.0 Å². The molecule has 2 saturated heterocycles. The van der Waals surface area contributed by atoms with Crippen molar-refractivity contribution in [3.63, 3.8) is 0 Å². The van der Waals surface area contributed by atoms with Crippen LogP contribution in [-0.4, -0.2) is 49.7 Å². The molecule has 2 unspecified atom stereocenters. The number of hydrogen-bond donors (Lipinski definition) is 1. The van der Waals surface area contributed by atoms with Crippen molar-refractivity contribution in [3.8, 4) is 0 Å². The second-order valence-electron chi connectivity index (χ2n) is 5.64. The van der Waals surface area contributed by atoms with Gasteiger partial charge in [0.15, 0.2) is 0 Å². The molecule has 1 aromatic carbocycles. The smallest absolute Gasteiger partial charge is 0.225 e. The van der Waals surface area contributed by atoms with Crippen LogP contribution in [0.2, 0.25) is 0 Å². The van der Waals surface area contributed by atoms with Crippen LogP contribution < -0.4 is 5.32 Å². The van der Waals surface area contributed by atoms with Crippen LogP contribution in [-0.2, 0) is 9.53 Å². The highest BCUT2D eigenvalue weighted by Gasteiger charge is 2.29. The summed E-state index contributed by atoms with van der Waals surface area (Å²) in [4.78, 5) is 14.3. The number of hydrogen-bond acceptors (Lipinski definition) is 3. The summed E-state index contributed by atoms with van der Waals surface area (Å²) in [6, 6.07) is 10.5. The summed E-state index contributed by atoms with van der Waals surface area (Å²) < 4.78 is 5.61. The molecule has 0 spiro atoms. The minimum absolute atomic E-state index is 0. The molecule has 0 saturated carbocycles. The van der Waals surface area contributed by atoms with Gasteiger partial charge in [-0.1, -0.05) is 30.3 Å². The molecule has 116 valence electrons. The summed E-state index contributed by atoms with van der Waals surface area (Å²) in [7, 11) is 0. The third-order valence-electron chi connectivity index (χ3n) is 4.22. The standard InChI is InChI=1S/C16H22N2O2.ClH/c19-16(10-15-11-17-7-9-20-15)18-8-6-14(12-18)13-4-2-1-3-5-13;/h1-5,14-15,17H,6-12H2;1H. The van der Waals surface area contributed by atoms with Crippen molar-refractivity contribution in [2.24, 2.45) is 0 Å². The first-order chi connectivity index (χ1) is 9.83. The summed E-state index contributed by atoms with van der Waals surface area (Å²) in [5.41, 5.74) is 1.35. The quantitative estimate of drug-likeness (QED) is 0.925. The van der Waals surface area contributed by atoms with Crippen LogP contribution in [0.4, 0.5) is 0 Å². The van der Waals surface area contributed by atoms with E-state index in [1.54, 1.807) is 0 Å². The predicted octanol–water partition coefficient (Wildman–Crippen LogP) is 1.80. The van der Waals surface area contributed by atoms with Crippen molar-refractivity contribution >= 4 is 18.3 Å². The fraction of sp³-hybridized carbons (Fsp3) is 0.562. The molecule has 0 aliphatic carbocycles. The van der Waals surface area contributed by atoms with Gasteiger partial charge in [-0.3, -0.25) is 4.79 Å². The summed E-state index contributed by atoms with van der Waals surface area (Å²) in [5, 5.41) is 3.27. The Labute approximate surface area is 132 Å². The van der Waals surface area contributed by atoms with Crippen LogP contribution in [0.15, 0.2) is 30.3 Å². The van der Waals surface area contributed by atoms with Crippen molar-refractivity contribution in [2.75, 3.05) is 32.8 Å². The molecule has 2 fully saturated rings. The van der Waals surface area contributed by atoms with Gasteiger partial charge in [-0.25, -0.2) is 0 Å². The monoisotopic (exact) mass is 310 g/mol. The molecule has 2 heterocycles. The van der Waals surface area contributed by atoms with Crippen molar-refractivity contribution in [1.29, 1.82) is 0 Å². The number of rotatable bonds is 3. The lowest BCUT2D eigenvalue weighted by molar-refractivity contribution is -0.133. The predicted molar refractivity (Wildman–Crippen MR) is 84.9 cm³/mol. The molecule has 2 aliphatic rings. The molecule has 4 nitrogen and oxygen atoms in total. The number of ether oxygens (including phenoxy) is 1. The van der Waals surface area contributed by atoms with Gasteiger partial charge in [-0.05, 0) is 12.0 Å². The zero-order valence-corrected chi connectivity index (χ0v) is 13.0. The molecule has 2 atom stereocenters. The van der Waals surface area contributed by atoms with Gasteiger partial charge in [-0.2, -0.15) is 0 Å². The van der Waals surface area contributed by atoms with Crippen LogP contribution in [0.3, 0.4) is 0 Å². The summed E-state index contributed by atoms with van der Waals surface area (Å²) in [5.74, 6) is 0.725. The number of carbonyl (C=O) groups is 1. The van der Waals surface area contributed by atoms with Crippen LogP contribution in [0.25, 0.3) is 0 Å². The Kier molecular flexibility index (Phi) is 6.03. The van der Waals surface area contributed by atoms with E-state index in [0.29, 0.717) is 18.9 Å². The maximum Gasteiger partial charge on any atom is 0.225 e. The number of nitrogens with zero attached hydrogens (tertiary/aromatic N) is 1. The van der Waals surface area contributed by atoms with Crippen LogP contribution in [0, 0.1) is 0 Å². The molecule has 0 radical (unpaired) electrons. The molecule has 1 aromatic rings. The third-order valence-corrected chi connectivity index (χ3v) is 4.22. The third kappa shape index (κ3) is 4.19. The SMILES string of the molecule is Cl.O=C(CC1CNCCO1)N1CCC(c2ccccc2)C1. The average Bonchev–Trinajstić information content (AvgIpc) is 2.99. The molecular formula is C16H23ClN2O2. The number of likely N-dealkylation sites (tertiary alicyclic amines) is 1. The molecule has 0 aromatic heterocycles. The zero-order valence-electron chi connectivity index (χ0n) is 12.2. The van der Waals surface area contributed by atoms with E-state index in [9.17, 15) is 4.79 Å². The van der Waals surface area contributed by atoms with Crippen molar-refractivity contribution < 1.29 is 9.53 Å². The van der Waals surface area contributed by atoms with Gasteiger partial charge in [0.25, 0.3) is 0 Å². The topological polar surface area (TPSA) is 41.6 Å². The highest BCUT2D eigenvalue weighted by molar-refractivity contribution is 5.85. The van der Waals surface area contributed by atoms with Crippen LogP contribution in [0.5, 0.6) is 0 Å². The highest BCUT2D eigenvalue weighted by Crippen LogP contribution is 2.27. The Morgan fingerprint density at radius 2 is 2.14 bits per heavy atom. The average molecular weight is 311 g/mol. The van der Waals surface area contributed by atoms with E-state index in [-0.39, 0.29) is 24.4 Å². The van der Waals surface area contributed by atoms with Gasteiger partial charge >= 0.3 is 0 Å². The lowest BCUT2D eigenvalue weighted by atomic mass is 9.99. The number of benzene rings is 1. The van der Waals surface area contributed by atoms with Gasteiger partial charge in [0.2, 0.25) is 5.91 Å². The molecule has 0 bridgehead atoms. The second-order valence-corrected chi connectivity index (χ2v) is 5.64. The highest BCUT2D eigenvalue weighted by atomic mass is 35.5. The minimum atomic E-state index is 0. The zero-order chi connectivity index (χ0) is 13.8. The van der Waals surface area contributed by atoms with E-state index in [1.165, 1.54) is 5.56 Å². The first-order valence-corrected chi connectivity index (χ1v) is 7.48. The number of nitrogens with one attached hydrogen (secondary N) is 1. The van der Waals surface area contributed by atoms with Crippen molar-refractivity contribution in [3.05, 3.63) is 35.9 Å². The van der Waals surface area contributed by atoms with Crippen LogP contribution in [0.1, 0.15) is 24.3 Å². The lowest BCUT2D eigenvalue weighted by Gasteiger charge is -2.25. The summed E-state index contributed by atoms with van der Waals surface area (Å²) >= 11 is 0. The molecule has 2 aliphatic heterocycles. The fourth-order valence-electron chi connectivity index (χ4n) is 3.06. The van der Waals surface area contributed by atoms with E-state index in [4.69, 9.17) is 4.74 Å². The van der Waals surface area contributed by atoms with E-state index >= 15 is 0 Å². The fourth-order valence-corrected chi connectivity index (χ4v) is 3.06. The summed E-state index contributed by atoms with van der Waals surface area (Å²) in [6.07, 6.45) is 1.63. The molecule has 3 rings (SSSR count). The van der Waals surface area contributed by atoms with Crippen molar-refractivity contribution in [2.45, 2.75) is 24.9 Å². The number of carbonyl (C=O) groups excluding carboxylic acids is 1. The summed E-state index contributed by atoms with van der Waals surface area (Å²) in [6.45, 7) is 4.12. The largest absolute Gasteiger partial charge is 0.375 e. The molecule has 5 heteroatoms. The minimum Gasteiger partial charge on any atom is -0.375 e. The number of morpholine rings is 1. The van der Waals surface area contributed by atoms with Crippen molar-refractivity contribution in [1.82, 2.24) is 10.2 Å². The molecule has 1 N–H and O–H groups in total. The maximum absolute atomic E-state index is 12.3. The lowest BCUT2D eigenvalue weighted by Crippen LogP contribution is -2.42. The first-order valence-electron chi connectivity index (χ1n) is 7.48. The molecule has 1 amide bonds. The van der Waals surface area contributed by atoms with Gasteiger partial charge in [0.1, 0.15) is 0 Å². The van der Waals surface area contributed by atoms with Gasteiger partial charge < -0.3 is 15.0 Å². The number of halogens is 1. The molecule has 21 heavy (non-hydrogen) atoms. The first kappa shape index (κ1) is 16.3. The van der Waals surface area contributed by atoms with Gasteiger partial charge in [0, 0.05) is 32.1 Å². The Hall–Kier alpha value is -1.10. The Bertz CT molecular complexity index is 449. The Morgan fingerprint density at radius 1 is 1.33 bits per heavy atom. The van der Waals surface area contributed by atoms with E-state index in [2.05, 4.69) is 29.6 Å². The Morgan fingerprint density at radius 3 is 2.86 bits per heavy atom. The van der Waals surface area contributed by atoms with E-state index in [0.717, 1.165) is 32.6 Å². The van der Waals surface area contributed by atoms with Gasteiger partial charge in [0.05, 0.1) is 19.1 Å². The van der Waals surface area contributed by atoms with Crippen LogP contribution >= 0.6 is 12.4 Å². The number of amides is 1.